The van der Waals surface area contributed by atoms with Crippen molar-refractivity contribution in [1.29, 1.82) is 0 Å². The molecule has 2 aromatic rings. The van der Waals surface area contributed by atoms with Crippen molar-refractivity contribution in [2.75, 3.05) is 17.2 Å². The highest BCUT2D eigenvalue weighted by Gasteiger charge is 2.31. The zero-order valence-corrected chi connectivity index (χ0v) is 13.7. The van der Waals surface area contributed by atoms with Crippen LogP contribution in [-0.4, -0.2) is 24.4 Å². The monoisotopic (exact) mass is 338 g/mol. The van der Waals surface area contributed by atoms with Crippen LogP contribution in [0.4, 0.5) is 11.4 Å². The largest absolute Gasteiger partial charge is 0.462 e. The first-order valence-corrected chi connectivity index (χ1v) is 8.05. The van der Waals surface area contributed by atoms with Crippen molar-refractivity contribution >= 4 is 29.2 Å². The molecule has 1 aliphatic heterocycles. The highest BCUT2D eigenvalue weighted by Crippen LogP contribution is 2.34. The molecule has 1 unspecified atom stereocenters. The Bertz CT molecular complexity index is 814. The first-order valence-electron chi connectivity index (χ1n) is 8.05. The summed E-state index contributed by atoms with van der Waals surface area (Å²) in [7, 11) is 0. The van der Waals surface area contributed by atoms with Crippen LogP contribution in [-0.2, 0) is 14.3 Å². The van der Waals surface area contributed by atoms with E-state index in [1.54, 1.807) is 31.2 Å². The van der Waals surface area contributed by atoms with E-state index in [1.807, 2.05) is 24.3 Å². The number of nitrogens with one attached hydrogen (secondary N) is 2. The molecule has 1 atom stereocenters. The highest BCUT2D eigenvalue weighted by molar-refractivity contribution is 6.06. The van der Waals surface area contributed by atoms with Crippen LogP contribution in [0.25, 0.3) is 0 Å². The van der Waals surface area contributed by atoms with Crippen LogP contribution in [0.15, 0.2) is 48.5 Å². The number of esters is 1. The smallest absolute Gasteiger partial charge is 0.338 e. The van der Waals surface area contributed by atoms with Gasteiger partial charge in [0.05, 0.1) is 18.1 Å². The van der Waals surface area contributed by atoms with E-state index in [0.717, 1.165) is 11.3 Å². The Balaban J connectivity index is 1.63. The Labute approximate surface area is 145 Å². The minimum Gasteiger partial charge on any atom is -0.462 e. The first kappa shape index (κ1) is 16.7. The van der Waals surface area contributed by atoms with Gasteiger partial charge in [0.15, 0.2) is 0 Å². The number of carbonyl (C=O) groups excluding carboxylic acids is 3. The van der Waals surface area contributed by atoms with E-state index in [4.69, 9.17) is 4.74 Å². The molecule has 0 bridgehead atoms. The number of hydrogen-bond donors (Lipinski definition) is 2. The lowest BCUT2D eigenvalue weighted by molar-refractivity contribution is -0.122. The number of anilines is 2. The maximum atomic E-state index is 12.3. The van der Waals surface area contributed by atoms with Crippen LogP contribution < -0.4 is 10.6 Å². The number of benzene rings is 2. The van der Waals surface area contributed by atoms with Gasteiger partial charge < -0.3 is 15.4 Å². The average Bonchev–Trinajstić information content (AvgIpc) is 2.91. The Morgan fingerprint density at radius 1 is 1.12 bits per heavy atom. The number of rotatable bonds is 5. The van der Waals surface area contributed by atoms with Crippen molar-refractivity contribution in [3.8, 4) is 0 Å². The van der Waals surface area contributed by atoms with Crippen LogP contribution in [0.3, 0.4) is 0 Å². The zero-order chi connectivity index (χ0) is 17.8. The maximum absolute atomic E-state index is 12.3. The second-order valence-electron chi connectivity index (χ2n) is 5.68. The number of carbonyl (C=O) groups is 3. The summed E-state index contributed by atoms with van der Waals surface area (Å²) in [5.74, 6) is -1.33. The summed E-state index contributed by atoms with van der Waals surface area (Å²) in [6, 6.07) is 13.8. The lowest BCUT2D eigenvalue weighted by Crippen LogP contribution is -2.20. The van der Waals surface area contributed by atoms with Gasteiger partial charge in [0, 0.05) is 17.8 Å². The van der Waals surface area contributed by atoms with Crippen molar-refractivity contribution in [2.45, 2.75) is 19.3 Å². The van der Waals surface area contributed by atoms with E-state index in [2.05, 4.69) is 10.6 Å². The number of hydrogen-bond acceptors (Lipinski definition) is 4. The summed E-state index contributed by atoms with van der Waals surface area (Å²) in [5, 5.41) is 5.53. The van der Waals surface area contributed by atoms with Gasteiger partial charge in [0.2, 0.25) is 11.8 Å². The van der Waals surface area contributed by atoms with Crippen LogP contribution in [0.2, 0.25) is 0 Å². The van der Waals surface area contributed by atoms with Gasteiger partial charge in [-0.15, -0.1) is 0 Å². The van der Waals surface area contributed by atoms with Crippen molar-refractivity contribution in [3.63, 3.8) is 0 Å². The summed E-state index contributed by atoms with van der Waals surface area (Å²) in [6.45, 7) is 2.05. The van der Waals surface area contributed by atoms with Gasteiger partial charge in [-0.2, -0.15) is 0 Å². The lowest BCUT2D eigenvalue weighted by atomic mass is 9.97. The molecule has 3 rings (SSSR count). The molecule has 0 spiro atoms. The minimum absolute atomic E-state index is 0.0580. The summed E-state index contributed by atoms with van der Waals surface area (Å²) < 4.78 is 4.91. The van der Waals surface area contributed by atoms with Gasteiger partial charge in [-0.3, -0.25) is 9.59 Å². The van der Waals surface area contributed by atoms with E-state index in [0.29, 0.717) is 17.9 Å². The quantitative estimate of drug-likeness (QED) is 0.821. The number of amides is 2. The SMILES string of the molecule is CCOC(=O)c1ccc(NC(=O)CC2C(=O)Nc3ccccc32)cc1. The third kappa shape index (κ3) is 3.68. The number of para-hydroxylation sites is 1. The van der Waals surface area contributed by atoms with Gasteiger partial charge in [0.25, 0.3) is 0 Å². The van der Waals surface area contributed by atoms with E-state index in [9.17, 15) is 14.4 Å². The molecule has 0 aromatic heterocycles. The van der Waals surface area contributed by atoms with Crippen LogP contribution in [0.1, 0.15) is 35.2 Å². The fourth-order valence-corrected chi connectivity index (χ4v) is 2.78. The molecule has 6 heteroatoms. The number of fused-ring (bicyclic) bond motifs is 1. The Hall–Kier alpha value is -3.15. The molecular weight excluding hydrogens is 320 g/mol. The van der Waals surface area contributed by atoms with E-state index in [-0.39, 0.29) is 18.2 Å². The van der Waals surface area contributed by atoms with Crippen molar-refractivity contribution < 1.29 is 19.1 Å². The normalized spacial score (nSPS) is 15.2. The average molecular weight is 338 g/mol. The Morgan fingerprint density at radius 3 is 2.56 bits per heavy atom. The van der Waals surface area contributed by atoms with Crippen molar-refractivity contribution in [1.82, 2.24) is 0 Å². The molecule has 0 aliphatic carbocycles. The summed E-state index contributed by atoms with van der Waals surface area (Å²) in [6.07, 6.45) is 0.0580. The van der Waals surface area contributed by atoms with Crippen LogP contribution in [0.5, 0.6) is 0 Å². The third-order valence-electron chi connectivity index (χ3n) is 3.98. The molecule has 2 N–H and O–H groups in total. The summed E-state index contributed by atoms with van der Waals surface area (Å²) in [4.78, 5) is 35.9. The Kier molecular flexibility index (Phi) is 4.79. The van der Waals surface area contributed by atoms with E-state index in [1.165, 1.54) is 0 Å². The predicted octanol–water partition coefficient (Wildman–Crippen LogP) is 2.93. The van der Waals surface area contributed by atoms with E-state index >= 15 is 0 Å². The molecular formula is C19H18N2O4. The molecule has 6 nitrogen and oxygen atoms in total. The van der Waals surface area contributed by atoms with Gasteiger partial charge in [-0.1, -0.05) is 18.2 Å². The fraction of sp³-hybridized carbons (Fsp3) is 0.211. The van der Waals surface area contributed by atoms with E-state index < -0.39 is 11.9 Å². The molecule has 2 aromatic carbocycles. The van der Waals surface area contributed by atoms with Crippen LogP contribution >= 0.6 is 0 Å². The summed E-state index contributed by atoms with van der Waals surface area (Å²) in [5.41, 5.74) is 2.57. The van der Waals surface area contributed by atoms with Crippen molar-refractivity contribution in [3.05, 3.63) is 59.7 Å². The molecule has 0 saturated heterocycles. The standard InChI is InChI=1S/C19H18N2O4/c1-2-25-19(24)12-7-9-13(10-8-12)20-17(22)11-15-14-5-3-4-6-16(14)21-18(15)23/h3-10,15H,2,11H2,1H3,(H,20,22)(H,21,23). The predicted molar refractivity (Wildman–Crippen MR) is 93.5 cm³/mol. The highest BCUT2D eigenvalue weighted by atomic mass is 16.5. The molecule has 1 heterocycles. The van der Waals surface area contributed by atoms with Gasteiger partial charge in [0.1, 0.15) is 0 Å². The molecule has 25 heavy (non-hydrogen) atoms. The first-order chi connectivity index (χ1) is 12.1. The third-order valence-corrected chi connectivity index (χ3v) is 3.98. The summed E-state index contributed by atoms with van der Waals surface area (Å²) >= 11 is 0. The molecule has 2 amide bonds. The molecule has 128 valence electrons. The Morgan fingerprint density at radius 2 is 1.84 bits per heavy atom. The fourth-order valence-electron chi connectivity index (χ4n) is 2.78. The molecule has 0 radical (unpaired) electrons. The minimum atomic E-state index is -0.491. The topological polar surface area (TPSA) is 84.5 Å². The van der Waals surface area contributed by atoms with Gasteiger partial charge >= 0.3 is 5.97 Å². The molecule has 0 saturated carbocycles. The number of ether oxygens (including phenoxy) is 1. The van der Waals surface area contributed by atoms with Crippen LogP contribution in [0, 0.1) is 0 Å². The second-order valence-corrected chi connectivity index (χ2v) is 5.68. The maximum Gasteiger partial charge on any atom is 0.338 e. The molecule has 1 aliphatic rings. The second kappa shape index (κ2) is 7.17. The molecule has 0 fully saturated rings. The lowest BCUT2D eigenvalue weighted by Gasteiger charge is -2.10. The van der Waals surface area contributed by atoms with Gasteiger partial charge in [-0.25, -0.2) is 4.79 Å². The van der Waals surface area contributed by atoms with Gasteiger partial charge in [-0.05, 0) is 42.8 Å². The zero-order valence-electron chi connectivity index (χ0n) is 13.7. The van der Waals surface area contributed by atoms with Crippen molar-refractivity contribution in [2.24, 2.45) is 0 Å².